The molecule has 5 rings (SSSR count). The van der Waals surface area contributed by atoms with Gasteiger partial charge in [-0.05, 0) is 48.9 Å². The van der Waals surface area contributed by atoms with Crippen LogP contribution in [0, 0.1) is 6.92 Å². The minimum absolute atomic E-state index is 0.0675. The van der Waals surface area contributed by atoms with Crippen LogP contribution >= 0.6 is 11.8 Å². The molecule has 3 aromatic carbocycles. The Morgan fingerprint density at radius 3 is 2.53 bits per heavy atom. The number of amides is 1. The minimum Gasteiger partial charge on any atom is -0.497 e. The van der Waals surface area contributed by atoms with Crippen LogP contribution in [-0.2, 0) is 11.3 Å². The van der Waals surface area contributed by atoms with Crippen molar-refractivity contribution in [3.8, 4) is 17.1 Å². The number of fused-ring (bicyclic) bond motifs is 3. The van der Waals surface area contributed by atoms with Gasteiger partial charge < -0.3 is 10.1 Å². The maximum atomic E-state index is 12.5. The number of aryl methyl sites for hydroxylation is 1. The number of aromatic nitrogens is 4. The highest BCUT2D eigenvalue weighted by molar-refractivity contribution is 7.99. The predicted molar refractivity (Wildman–Crippen MR) is 134 cm³/mol. The number of carbonyl (C=O) groups excluding carboxylic acids is 1. The fraction of sp³-hybridized carbons (Fsp3) is 0.154. The number of ether oxygens (including phenoxy) is 1. The third-order valence-corrected chi connectivity index (χ3v) is 6.44. The second kappa shape index (κ2) is 9.52. The summed E-state index contributed by atoms with van der Waals surface area (Å²) in [6.07, 6.45) is 0. The lowest BCUT2D eigenvalue weighted by atomic mass is 10.1. The van der Waals surface area contributed by atoms with Crippen molar-refractivity contribution in [1.82, 2.24) is 24.9 Å². The number of rotatable bonds is 7. The number of benzene rings is 3. The van der Waals surface area contributed by atoms with E-state index in [0.29, 0.717) is 23.2 Å². The summed E-state index contributed by atoms with van der Waals surface area (Å²) in [7, 11) is 1.64. The molecule has 0 atom stereocenters. The van der Waals surface area contributed by atoms with E-state index in [-0.39, 0.29) is 11.7 Å². The zero-order chi connectivity index (χ0) is 23.5. The number of nitrogens with zero attached hydrogens (tertiary/aromatic N) is 4. The molecule has 2 aromatic heterocycles. The van der Waals surface area contributed by atoms with E-state index in [2.05, 4.69) is 15.5 Å². The van der Waals surface area contributed by atoms with E-state index in [0.717, 1.165) is 27.8 Å². The summed E-state index contributed by atoms with van der Waals surface area (Å²) < 4.78 is 7.22. The molecular formula is C26H23N5O2S. The molecule has 0 fully saturated rings. The Kier molecular flexibility index (Phi) is 6.14. The van der Waals surface area contributed by atoms with E-state index >= 15 is 0 Å². The van der Waals surface area contributed by atoms with Gasteiger partial charge in [-0.2, -0.15) is 0 Å². The summed E-state index contributed by atoms with van der Waals surface area (Å²) in [6, 6.07) is 23.7. The molecule has 0 saturated heterocycles. The number of methoxy groups -OCH3 is 1. The van der Waals surface area contributed by atoms with Crippen LogP contribution in [0.15, 0.2) is 78.0 Å². The quantitative estimate of drug-likeness (QED) is 0.349. The first kappa shape index (κ1) is 21.9. The van der Waals surface area contributed by atoms with Crippen LogP contribution in [0.5, 0.6) is 5.75 Å². The lowest BCUT2D eigenvalue weighted by Crippen LogP contribution is -2.24. The Labute approximate surface area is 201 Å². The standard InChI is InChI=1S/C26H23N5O2S/c1-17-7-9-18(10-8-17)15-27-23(32)16-34-26-30-29-25-21-5-3-4-6-22(21)28-24(31(25)26)19-11-13-20(33-2)14-12-19/h3-14H,15-16H2,1-2H3,(H,27,32). The van der Waals surface area contributed by atoms with E-state index < -0.39 is 0 Å². The molecule has 170 valence electrons. The monoisotopic (exact) mass is 469 g/mol. The van der Waals surface area contributed by atoms with Crippen LogP contribution in [0.1, 0.15) is 11.1 Å². The zero-order valence-corrected chi connectivity index (χ0v) is 19.7. The molecule has 0 aliphatic heterocycles. The van der Waals surface area contributed by atoms with Gasteiger partial charge in [0.2, 0.25) is 5.91 Å². The van der Waals surface area contributed by atoms with Crippen LogP contribution in [0.25, 0.3) is 27.9 Å². The Morgan fingerprint density at radius 1 is 1.00 bits per heavy atom. The van der Waals surface area contributed by atoms with Crippen molar-refractivity contribution in [2.24, 2.45) is 0 Å². The highest BCUT2D eigenvalue weighted by Crippen LogP contribution is 2.29. The second-order valence-electron chi connectivity index (χ2n) is 7.87. The Balaban J connectivity index is 1.43. The Hall–Kier alpha value is -3.91. The summed E-state index contributed by atoms with van der Waals surface area (Å²) in [5.74, 6) is 1.64. The fourth-order valence-corrected chi connectivity index (χ4v) is 4.44. The van der Waals surface area contributed by atoms with E-state index in [1.54, 1.807) is 7.11 Å². The maximum absolute atomic E-state index is 12.5. The molecule has 0 radical (unpaired) electrons. The van der Waals surface area contributed by atoms with E-state index in [1.807, 2.05) is 84.1 Å². The van der Waals surface area contributed by atoms with Gasteiger partial charge in [-0.25, -0.2) is 4.98 Å². The lowest BCUT2D eigenvalue weighted by Gasteiger charge is -2.10. The van der Waals surface area contributed by atoms with Crippen molar-refractivity contribution in [2.45, 2.75) is 18.6 Å². The van der Waals surface area contributed by atoms with Gasteiger partial charge in [-0.1, -0.05) is 53.7 Å². The first-order valence-electron chi connectivity index (χ1n) is 10.9. The second-order valence-corrected chi connectivity index (χ2v) is 8.82. The number of carbonyl (C=O) groups is 1. The van der Waals surface area contributed by atoms with Gasteiger partial charge in [0.15, 0.2) is 10.8 Å². The summed E-state index contributed by atoms with van der Waals surface area (Å²) in [6.45, 7) is 2.53. The van der Waals surface area contributed by atoms with Crippen molar-refractivity contribution in [3.05, 3.63) is 83.9 Å². The normalized spacial score (nSPS) is 11.1. The van der Waals surface area contributed by atoms with E-state index in [4.69, 9.17) is 9.72 Å². The highest BCUT2D eigenvalue weighted by Gasteiger charge is 2.17. The average Bonchev–Trinajstić information content (AvgIpc) is 3.31. The van der Waals surface area contributed by atoms with Crippen molar-refractivity contribution >= 4 is 34.2 Å². The minimum atomic E-state index is -0.0675. The topological polar surface area (TPSA) is 81.4 Å². The molecule has 8 heteroatoms. The number of nitrogens with one attached hydrogen (secondary N) is 1. The molecule has 34 heavy (non-hydrogen) atoms. The number of hydrogen-bond acceptors (Lipinski definition) is 6. The third kappa shape index (κ3) is 4.45. The molecule has 0 aliphatic rings. The molecule has 0 aliphatic carbocycles. The molecule has 0 spiro atoms. The molecule has 1 N–H and O–H groups in total. The zero-order valence-electron chi connectivity index (χ0n) is 18.9. The molecule has 1 amide bonds. The van der Waals surface area contributed by atoms with Crippen LogP contribution in [0.2, 0.25) is 0 Å². The van der Waals surface area contributed by atoms with Crippen molar-refractivity contribution in [1.29, 1.82) is 0 Å². The van der Waals surface area contributed by atoms with Gasteiger partial charge >= 0.3 is 0 Å². The van der Waals surface area contributed by atoms with Crippen LogP contribution in [0.4, 0.5) is 0 Å². The number of para-hydroxylation sites is 1. The predicted octanol–water partition coefficient (Wildman–Crippen LogP) is 4.67. The Morgan fingerprint density at radius 2 is 1.76 bits per heavy atom. The molecule has 0 bridgehead atoms. The van der Waals surface area contributed by atoms with Crippen LogP contribution < -0.4 is 10.1 Å². The van der Waals surface area contributed by atoms with Gasteiger partial charge in [-0.15, -0.1) is 10.2 Å². The summed E-state index contributed by atoms with van der Waals surface area (Å²) in [4.78, 5) is 17.4. The molecule has 2 heterocycles. The van der Waals surface area contributed by atoms with Gasteiger partial charge in [0.05, 0.1) is 18.4 Å². The van der Waals surface area contributed by atoms with E-state index in [1.165, 1.54) is 17.3 Å². The first-order chi connectivity index (χ1) is 16.6. The maximum Gasteiger partial charge on any atom is 0.230 e. The van der Waals surface area contributed by atoms with Crippen LogP contribution in [0.3, 0.4) is 0 Å². The van der Waals surface area contributed by atoms with Gasteiger partial charge in [0.1, 0.15) is 11.6 Å². The fourth-order valence-electron chi connectivity index (χ4n) is 3.67. The summed E-state index contributed by atoms with van der Waals surface area (Å²) in [5, 5.41) is 13.3. The van der Waals surface area contributed by atoms with Crippen molar-refractivity contribution in [3.63, 3.8) is 0 Å². The summed E-state index contributed by atoms with van der Waals surface area (Å²) in [5.41, 5.74) is 4.70. The SMILES string of the molecule is COc1ccc(-c2nc3ccccc3c3nnc(SCC(=O)NCc4ccc(C)cc4)n23)cc1. The smallest absolute Gasteiger partial charge is 0.230 e. The number of thioether (sulfide) groups is 1. The molecule has 0 saturated carbocycles. The lowest BCUT2D eigenvalue weighted by molar-refractivity contribution is -0.118. The van der Waals surface area contributed by atoms with Crippen molar-refractivity contribution < 1.29 is 9.53 Å². The average molecular weight is 470 g/mol. The molecule has 0 unspecified atom stereocenters. The third-order valence-electron chi connectivity index (χ3n) is 5.51. The van der Waals surface area contributed by atoms with Gasteiger partial charge in [0, 0.05) is 17.5 Å². The van der Waals surface area contributed by atoms with Gasteiger partial charge in [0.25, 0.3) is 0 Å². The van der Waals surface area contributed by atoms with Gasteiger partial charge in [-0.3, -0.25) is 9.20 Å². The first-order valence-corrected chi connectivity index (χ1v) is 11.8. The number of hydrogen-bond donors (Lipinski definition) is 1. The Bertz CT molecular complexity index is 1460. The highest BCUT2D eigenvalue weighted by atomic mass is 32.2. The molecule has 7 nitrogen and oxygen atoms in total. The largest absolute Gasteiger partial charge is 0.497 e. The van der Waals surface area contributed by atoms with E-state index in [9.17, 15) is 4.79 Å². The van der Waals surface area contributed by atoms with Crippen LogP contribution in [-0.4, -0.2) is 38.4 Å². The molecule has 5 aromatic rings. The van der Waals surface area contributed by atoms with Crippen molar-refractivity contribution in [2.75, 3.05) is 12.9 Å². The molecular weight excluding hydrogens is 446 g/mol. The summed E-state index contributed by atoms with van der Waals surface area (Å²) >= 11 is 1.34.